The Hall–Kier alpha value is -8.34. The van der Waals surface area contributed by atoms with E-state index in [1.165, 1.54) is 82.1 Å². The van der Waals surface area contributed by atoms with E-state index in [1.54, 1.807) is 0 Å². The van der Waals surface area contributed by atoms with Gasteiger partial charge in [-0.05, 0) is 126 Å². The highest BCUT2D eigenvalue weighted by molar-refractivity contribution is 6.32. The van der Waals surface area contributed by atoms with Crippen LogP contribution in [-0.2, 0) is 5.41 Å². The van der Waals surface area contributed by atoms with E-state index in [-0.39, 0.29) is 5.41 Å². The summed E-state index contributed by atoms with van der Waals surface area (Å²) in [5.41, 5.74) is 15.3. The first-order valence-corrected chi connectivity index (χ1v) is 23.4. The Morgan fingerprint density at radius 2 is 0.985 bits per heavy atom. The van der Waals surface area contributed by atoms with Crippen LogP contribution in [0.15, 0.2) is 205 Å². The van der Waals surface area contributed by atoms with Gasteiger partial charge in [-0.25, -0.2) is 0 Å². The molecule has 0 bridgehead atoms. The third kappa shape index (κ3) is 5.92. The van der Waals surface area contributed by atoms with E-state index in [9.17, 15) is 0 Å². The molecule has 4 nitrogen and oxygen atoms in total. The van der Waals surface area contributed by atoms with E-state index in [0.29, 0.717) is 11.8 Å². The van der Waals surface area contributed by atoms with E-state index in [4.69, 9.17) is 9.52 Å². The Morgan fingerprint density at radius 1 is 0.448 bits per heavy atom. The fourth-order valence-electron chi connectivity index (χ4n) is 11.6. The zero-order valence-corrected chi connectivity index (χ0v) is 37.4. The van der Waals surface area contributed by atoms with Crippen LogP contribution in [0.2, 0.25) is 0 Å². The predicted octanol–water partition coefficient (Wildman–Crippen LogP) is 16.9. The fraction of sp³-hybridized carbons (Fsp3) is 0.0794. The maximum atomic E-state index is 6.72. The molecule has 13 rings (SSSR count). The molecular weight excluding hydrogens is 815 g/mol. The van der Waals surface area contributed by atoms with Crippen molar-refractivity contribution >= 4 is 66.3 Å². The summed E-state index contributed by atoms with van der Waals surface area (Å²) in [4.78, 5) is 0. The first kappa shape index (κ1) is 39.1. The van der Waals surface area contributed by atoms with Gasteiger partial charge in [0.05, 0.1) is 11.0 Å². The monoisotopic (exact) mass is 859 g/mol. The summed E-state index contributed by atoms with van der Waals surface area (Å²) in [6.45, 7) is 4.67. The second kappa shape index (κ2) is 15.4. The van der Waals surface area contributed by atoms with Crippen molar-refractivity contribution in [2.24, 2.45) is 0 Å². The Kier molecular flexibility index (Phi) is 8.97. The highest BCUT2D eigenvalue weighted by Crippen LogP contribution is 2.54. The molecule has 2 heterocycles. The fourth-order valence-corrected chi connectivity index (χ4v) is 11.6. The van der Waals surface area contributed by atoms with Crippen LogP contribution in [0.25, 0.3) is 117 Å². The Balaban J connectivity index is 0.927. The van der Waals surface area contributed by atoms with Crippen molar-refractivity contribution in [3.05, 3.63) is 223 Å². The van der Waals surface area contributed by atoms with Crippen molar-refractivity contribution in [3.63, 3.8) is 0 Å². The molecule has 0 saturated carbocycles. The highest BCUT2D eigenvalue weighted by atomic mass is 16.4. The normalized spacial score (nSPS) is 13.1. The van der Waals surface area contributed by atoms with Crippen LogP contribution >= 0.6 is 0 Å². The molecule has 10 aromatic carbocycles. The van der Waals surface area contributed by atoms with Crippen LogP contribution in [0.3, 0.4) is 0 Å². The van der Waals surface area contributed by atoms with Crippen molar-refractivity contribution in [3.8, 4) is 50.5 Å². The van der Waals surface area contributed by atoms with Crippen LogP contribution in [0.1, 0.15) is 49.3 Å². The minimum Gasteiger partial charge on any atom is -0.417 e. The van der Waals surface area contributed by atoms with Gasteiger partial charge in [0.2, 0.25) is 11.8 Å². The summed E-state index contributed by atoms with van der Waals surface area (Å²) in [5, 5.41) is 19.2. The van der Waals surface area contributed by atoms with Gasteiger partial charge >= 0.3 is 0 Å². The smallest absolute Gasteiger partial charge is 0.248 e. The minimum atomic E-state index is -0.128. The van der Waals surface area contributed by atoms with Gasteiger partial charge in [0.1, 0.15) is 0 Å². The lowest BCUT2D eigenvalue weighted by atomic mass is 9.73. The molecule has 0 fully saturated rings. The number of hydrogen-bond donors (Lipinski definition) is 0. The van der Waals surface area contributed by atoms with Crippen molar-refractivity contribution in [2.75, 3.05) is 0 Å². The summed E-state index contributed by atoms with van der Waals surface area (Å²) >= 11 is 0. The maximum absolute atomic E-state index is 6.72. The number of para-hydroxylation sites is 2. The molecule has 1 aliphatic rings. The Morgan fingerprint density at radius 3 is 1.63 bits per heavy atom. The minimum absolute atomic E-state index is 0.128. The number of hydrogen-bond acceptors (Lipinski definition) is 3. The maximum Gasteiger partial charge on any atom is 0.248 e. The molecule has 0 amide bonds. The van der Waals surface area contributed by atoms with Gasteiger partial charge in [0.15, 0.2) is 0 Å². The Bertz CT molecular complexity index is 3890. The van der Waals surface area contributed by atoms with Gasteiger partial charge in [0.25, 0.3) is 0 Å². The van der Waals surface area contributed by atoms with Gasteiger partial charge in [-0.2, -0.15) is 0 Å². The van der Waals surface area contributed by atoms with E-state index >= 15 is 0 Å². The van der Waals surface area contributed by atoms with Crippen molar-refractivity contribution in [2.45, 2.75) is 32.1 Å². The average molecular weight is 860 g/mol. The molecular formula is C63H45N3O. The lowest BCUT2D eigenvalue weighted by Gasteiger charge is -2.30. The van der Waals surface area contributed by atoms with Crippen LogP contribution in [-0.4, -0.2) is 14.8 Å². The number of benzene rings is 10. The second-order valence-corrected chi connectivity index (χ2v) is 17.9. The van der Waals surface area contributed by atoms with Crippen LogP contribution in [0, 0.1) is 0 Å². The molecule has 4 heteroatoms. The van der Waals surface area contributed by atoms with Gasteiger partial charge in [-0.15, -0.1) is 10.2 Å². The lowest BCUT2D eigenvalue weighted by molar-refractivity contribution is 0.490. The average Bonchev–Trinajstić information content (AvgIpc) is 4.09. The second-order valence-electron chi connectivity index (χ2n) is 17.9. The predicted molar refractivity (Wildman–Crippen MR) is 280 cm³/mol. The zero-order chi connectivity index (χ0) is 44.6. The standard InChI is InChI=1S/C63H45N3O/c1-3-63(4-2)54-37-40(31-34-46(54)47-35-33-43(38-55(47)63)66-56-29-17-15-25-48(56)49-26-16-18-30-57(49)66)32-36-58-64-65-62(67-58)53-39-52(41-19-7-5-8-20-41)60-50-27-13-11-23-44(50)45-24-12-14-28-51(45)61(60)59(53)42-21-9-6-10-22-42/h5-39H,3-4H2,1-2H3/b36-32+. The zero-order valence-electron chi connectivity index (χ0n) is 37.4. The molecule has 0 atom stereocenters. The third-order valence-electron chi connectivity index (χ3n) is 14.7. The Labute approximate surface area is 389 Å². The third-order valence-corrected chi connectivity index (χ3v) is 14.7. The number of fused-ring (bicyclic) bond motifs is 12. The number of aromatic nitrogens is 3. The van der Waals surface area contributed by atoms with Crippen LogP contribution in [0.5, 0.6) is 0 Å². The molecule has 0 aliphatic heterocycles. The van der Waals surface area contributed by atoms with Gasteiger partial charge < -0.3 is 8.98 Å². The molecule has 1 aliphatic carbocycles. The van der Waals surface area contributed by atoms with E-state index in [2.05, 4.69) is 230 Å². The summed E-state index contributed by atoms with van der Waals surface area (Å²) in [7, 11) is 0. The van der Waals surface area contributed by atoms with Crippen LogP contribution < -0.4 is 0 Å². The number of rotatable bonds is 8. The van der Waals surface area contributed by atoms with Crippen molar-refractivity contribution in [1.82, 2.24) is 14.8 Å². The molecule has 318 valence electrons. The quantitative estimate of drug-likeness (QED) is 0.143. The number of nitrogens with zero attached hydrogens (tertiary/aromatic N) is 3. The van der Waals surface area contributed by atoms with Gasteiger partial charge in [-0.1, -0.05) is 184 Å². The molecule has 0 radical (unpaired) electrons. The molecule has 0 unspecified atom stereocenters. The largest absolute Gasteiger partial charge is 0.417 e. The summed E-state index contributed by atoms with van der Waals surface area (Å²) in [6, 6.07) is 72.7. The first-order valence-electron chi connectivity index (χ1n) is 23.4. The van der Waals surface area contributed by atoms with Crippen molar-refractivity contribution < 1.29 is 4.42 Å². The molecule has 0 saturated heterocycles. The molecule has 0 spiro atoms. The lowest BCUT2D eigenvalue weighted by Crippen LogP contribution is -2.23. The first-order chi connectivity index (χ1) is 33.1. The topological polar surface area (TPSA) is 43.9 Å². The summed E-state index contributed by atoms with van der Waals surface area (Å²) in [5.74, 6) is 0.935. The van der Waals surface area contributed by atoms with E-state index in [0.717, 1.165) is 46.2 Å². The van der Waals surface area contributed by atoms with Crippen molar-refractivity contribution in [1.29, 1.82) is 0 Å². The SMILES string of the molecule is CCC1(CC)c2cc(/C=C/c3nnc(-c4cc(-c5ccccc5)c5c6ccccc6c6ccccc6c5c4-c4ccccc4)o3)ccc2-c2ccc(-n3c4ccccc4c4ccccc43)cc21. The molecule has 0 N–H and O–H groups in total. The van der Waals surface area contributed by atoms with E-state index < -0.39 is 0 Å². The summed E-state index contributed by atoms with van der Waals surface area (Å²) in [6.07, 6.45) is 6.07. The highest BCUT2D eigenvalue weighted by Gasteiger charge is 2.41. The summed E-state index contributed by atoms with van der Waals surface area (Å²) < 4.78 is 9.15. The van der Waals surface area contributed by atoms with Crippen LogP contribution in [0.4, 0.5) is 0 Å². The van der Waals surface area contributed by atoms with Gasteiger partial charge in [-0.3, -0.25) is 0 Å². The molecule has 12 aromatic rings. The van der Waals surface area contributed by atoms with Gasteiger partial charge in [0, 0.05) is 39.1 Å². The van der Waals surface area contributed by atoms with E-state index in [1.807, 2.05) is 6.08 Å². The molecule has 2 aromatic heterocycles. The molecule has 67 heavy (non-hydrogen) atoms.